The van der Waals surface area contributed by atoms with E-state index >= 15 is 0 Å². The van der Waals surface area contributed by atoms with Crippen LogP contribution in [0.3, 0.4) is 0 Å². The van der Waals surface area contributed by atoms with E-state index < -0.39 is 0 Å². The molecular weight excluding hydrogens is 216 g/mol. The van der Waals surface area contributed by atoms with E-state index in [9.17, 15) is 4.79 Å². The zero-order chi connectivity index (χ0) is 12.4. The Bertz CT molecular complexity index is 273. The molecule has 1 aliphatic carbocycles. The van der Waals surface area contributed by atoms with E-state index in [1.807, 2.05) is 4.90 Å². The molecule has 4 unspecified atom stereocenters. The van der Waals surface area contributed by atoms with Crippen molar-refractivity contribution in [3.05, 3.63) is 0 Å². The second-order valence-electron chi connectivity index (χ2n) is 5.55. The maximum absolute atomic E-state index is 12.6. The highest BCUT2D eigenvalue weighted by Crippen LogP contribution is 2.31. The molecule has 0 spiro atoms. The van der Waals surface area contributed by atoms with E-state index in [1.54, 1.807) is 0 Å². The predicted molar refractivity (Wildman–Crippen MR) is 66.5 cm³/mol. The van der Waals surface area contributed by atoms with Crippen molar-refractivity contribution < 1.29 is 9.53 Å². The van der Waals surface area contributed by atoms with Crippen molar-refractivity contribution in [2.24, 2.45) is 17.6 Å². The third kappa shape index (κ3) is 2.63. The van der Waals surface area contributed by atoms with E-state index in [0.29, 0.717) is 19.1 Å². The van der Waals surface area contributed by atoms with Crippen LogP contribution in [0.2, 0.25) is 0 Å². The van der Waals surface area contributed by atoms with Gasteiger partial charge >= 0.3 is 0 Å². The molecule has 1 saturated carbocycles. The molecule has 4 atom stereocenters. The molecule has 0 aromatic rings. The minimum absolute atomic E-state index is 0.0179. The topological polar surface area (TPSA) is 55.6 Å². The normalized spacial score (nSPS) is 39.1. The van der Waals surface area contributed by atoms with Crippen LogP contribution >= 0.6 is 0 Å². The molecule has 4 heteroatoms. The van der Waals surface area contributed by atoms with Crippen molar-refractivity contribution in [3.63, 3.8) is 0 Å². The summed E-state index contributed by atoms with van der Waals surface area (Å²) in [6.45, 7) is 6.24. The molecule has 2 rings (SSSR count). The molecule has 0 radical (unpaired) electrons. The molecule has 1 saturated heterocycles. The zero-order valence-corrected chi connectivity index (χ0v) is 10.9. The van der Waals surface area contributed by atoms with Crippen LogP contribution in [0, 0.1) is 11.8 Å². The number of nitrogens with zero attached hydrogens (tertiary/aromatic N) is 1. The number of amides is 1. The first-order valence-electron chi connectivity index (χ1n) is 6.75. The molecular formula is C13H24N2O2. The fraction of sp³-hybridized carbons (Fsp3) is 0.923. The molecule has 17 heavy (non-hydrogen) atoms. The van der Waals surface area contributed by atoms with Gasteiger partial charge in [0.25, 0.3) is 0 Å². The Kier molecular flexibility index (Phi) is 4.05. The van der Waals surface area contributed by atoms with E-state index in [1.165, 1.54) is 0 Å². The Morgan fingerprint density at radius 2 is 2.12 bits per heavy atom. The summed E-state index contributed by atoms with van der Waals surface area (Å²) >= 11 is 0. The summed E-state index contributed by atoms with van der Waals surface area (Å²) in [6.07, 6.45) is 3.27. The fourth-order valence-corrected chi connectivity index (χ4v) is 3.13. The summed E-state index contributed by atoms with van der Waals surface area (Å²) in [5, 5.41) is 0. The number of rotatable bonds is 1. The van der Waals surface area contributed by atoms with Gasteiger partial charge in [0.2, 0.25) is 5.91 Å². The molecule has 0 bridgehead atoms. The van der Waals surface area contributed by atoms with Crippen LogP contribution in [0.25, 0.3) is 0 Å². The van der Waals surface area contributed by atoms with Crippen LogP contribution < -0.4 is 5.73 Å². The summed E-state index contributed by atoms with van der Waals surface area (Å²) in [7, 11) is 0. The number of morpholine rings is 1. The Balaban J connectivity index is 2.06. The minimum atomic E-state index is 0.0179. The third-order valence-corrected chi connectivity index (χ3v) is 4.21. The molecule has 1 aliphatic heterocycles. The lowest BCUT2D eigenvalue weighted by Gasteiger charge is -2.40. The zero-order valence-electron chi connectivity index (χ0n) is 10.9. The van der Waals surface area contributed by atoms with Gasteiger partial charge in [-0.1, -0.05) is 13.3 Å². The minimum Gasteiger partial charge on any atom is -0.377 e. The number of carbonyl (C=O) groups excluding carboxylic acids is 1. The van der Waals surface area contributed by atoms with Crippen molar-refractivity contribution in [3.8, 4) is 0 Å². The van der Waals surface area contributed by atoms with Crippen molar-refractivity contribution in [1.82, 2.24) is 4.90 Å². The highest BCUT2D eigenvalue weighted by atomic mass is 16.5. The lowest BCUT2D eigenvalue weighted by Crippen LogP contribution is -2.54. The Hall–Kier alpha value is -0.610. The van der Waals surface area contributed by atoms with Crippen molar-refractivity contribution in [2.45, 2.75) is 45.2 Å². The summed E-state index contributed by atoms with van der Waals surface area (Å²) in [4.78, 5) is 14.5. The van der Waals surface area contributed by atoms with Crippen LogP contribution in [0.15, 0.2) is 0 Å². The van der Waals surface area contributed by atoms with Gasteiger partial charge in [-0.05, 0) is 25.7 Å². The molecule has 2 fully saturated rings. The van der Waals surface area contributed by atoms with E-state index in [2.05, 4.69) is 13.8 Å². The van der Waals surface area contributed by atoms with Crippen LogP contribution in [-0.4, -0.2) is 42.6 Å². The molecule has 98 valence electrons. The van der Waals surface area contributed by atoms with Gasteiger partial charge in [0.1, 0.15) is 0 Å². The standard InChI is InChI=1S/C13H24N2O2/c1-9-4-3-5-11(14)12(9)13(16)15-6-7-17-8-10(15)2/h9-12H,3-8,14H2,1-2H3. The number of hydrogen-bond acceptors (Lipinski definition) is 3. The second-order valence-corrected chi connectivity index (χ2v) is 5.55. The van der Waals surface area contributed by atoms with Crippen molar-refractivity contribution in [1.29, 1.82) is 0 Å². The first kappa shape index (κ1) is 12.8. The monoisotopic (exact) mass is 240 g/mol. The average molecular weight is 240 g/mol. The number of carbonyl (C=O) groups is 1. The first-order valence-corrected chi connectivity index (χ1v) is 6.75. The SMILES string of the molecule is CC1CCCC(N)C1C(=O)N1CCOCC1C. The molecule has 2 aliphatic rings. The molecule has 1 heterocycles. The van der Waals surface area contributed by atoms with E-state index in [0.717, 1.165) is 25.8 Å². The van der Waals surface area contributed by atoms with Gasteiger partial charge in [-0.15, -0.1) is 0 Å². The number of hydrogen-bond donors (Lipinski definition) is 1. The van der Waals surface area contributed by atoms with Gasteiger partial charge in [-0.3, -0.25) is 4.79 Å². The summed E-state index contributed by atoms with van der Waals surface area (Å²) < 4.78 is 5.38. The van der Waals surface area contributed by atoms with Crippen molar-refractivity contribution >= 4 is 5.91 Å². The van der Waals surface area contributed by atoms with Gasteiger partial charge < -0.3 is 15.4 Å². The second kappa shape index (κ2) is 5.36. The van der Waals surface area contributed by atoms with Crippen molar-refractivity contribution in [2.75, 3.05) is 19.8 Å². The highest BCUT2D eigenvalue weighted by molar-refractivity contribution is 5.80. The van der Waals surface area contributed by atoms with Gasteiger partial charge in [0.05, 0.1) is 25.2 Å². The molecule has 0 aromatic carbocycles. The largest absolute Gasteiger partial charge is 0.377 e. The average Bonchev–Trinajstić information content (AvgIpc) is 2.29. The fourth-order valence-electron chi connectivity index (χ4n) is 3.13. The van der Waals surface area contributed by atoms with Gasteiger partial charge in [-0.2, -0.15) is 0 Å². The predicted octanol–water partition coefficient (Wildman–Crippen LogP) is 0.997. The highest BCUT2D eigenvalue weighted by Gasteiger charge is 2.38. The molecule has 2 N–H and O–H groups in total. The van der Waals surface area contributed by atoms with Gasteiger partial charge in [0.15, 0.2) is 0 Å². The maximum Gasteiger partial charge on any atom is 0.227 e. The quantitative estimate of drug-likeness (QED) is 0.744. The Morgan fingerprint density at radius 1 is 1.35 bits per heavy atom. The lowest BCUT2D eigenvalue weighted by molar-refractivity contribution is -0.147. The molecule has 0 aromatic heterocycles. The van der Waals surface area contributed by atoms with E-state index in [4.69, 9.17) is 10.5 Å². The Morgan fingerprint density at radius 3 is 2.76 bits per heavy atom. The van der Waals surface area contributed by atoms with Crippen LogP contribution in [-0.2, 0) is 9.53 Å². The Labute approximate surface area is 103 Å². The summed E-state index contributed by atoms with van der Waals surface area (Å²) in [5.41, 5.74) is 6.14. The summed E-state index contributed by atoms with van der Waals surface area (Å²) in [6, 6.07) is 0.235. The first-order chi connectivity index (χ1) is 8.11. The van der Waals surface area contributed by atoms with Gasteiger partial charge in [0, 0.05) is 12.6 Å². The number of nitrogens with two attached hydrogens (primary N) is 1. The molecule has 1 amide bonds. The third-order valence-electron chi connectivity index (χ3n) is 4.21. The number of ether oxygens (including phenoxy) is 1. The van der Waals surface area contributed by atoms with Gasteiger partial charge in [-0.25, -0.2) is 0 Å². The summed E-state index contributed by atoms with van der Waals surface area (Å²) in [5.74, 6) is 0.686. The lowest BCUT2D eigenvalue weighted by atomic mass is 9.76. The molecule has 4 nitrogen and oxygen atoms in total. The maximum atomic E-state index is 12.6. The van der Waals surface area contributed by atoms with Crippen LogP contribution in [0.5, 0.6) is 0 Å². The van der Waals surface area contributed by atoms with Crippen LogP contribution in [0.4, 0.5) is 0 Å². The van der Waals surface area contributed by atoms with Crippen LogP contribution in [0.1, 0.15) is 33.1 Å². The smallest absolute Gasteiger partial charge is 0.227 e. The van der Waals surface area contributed by atoms with E-state index in [-0.39, 0.29) is 23.9 Å².